The van der Waals surface area contributed by atoms with E-state index < -0.39 is 0 Å². The Morgan fingerprint density at radius 3 is 2.95 bits per heavy atom. The number of benzene rings is 1. The fourth-order valence-electron chi connectivity index (χ4n) is 2.01. The van der Waals surface area contributed by atoms with Crippen molar-refractivity contribution in [3.05, 3.63) is 40.4 Å². The van der Waals surface area contributed by atoms with Gasteiger partial charge >= 0.3 is 0 Å². The number of nitrogens with zero attached hydrogens (tertiary/aromatic N) is 2. The summed E-state index contributed by atoms with van der Waals surface area (Å²) in [6, 6.07) is 3.38. The molecule has 1 aromatic heterocycles. The fraction of sp³-hybridized carbons (Fsp3) is 0.357. The Hall–Kier alpha value is -1.40. The van der Waals surface area contributed by atoms with Crippen LogP contribution in [0.5, 0.6) is 0 Å². The summed E-state index contributed by atoms with van der Waals surface area (Å²) in [6.45, 7) is 4.46. The lowest BCUT2D eigenvalue weighted by Crippen LogP contribution is -2.23. The van der Waals surface area contributed by atoms with Crippen LogP contribution in [-0.2, 0) is 4.74 Å². The number of hydrogen-bond acceptors (Lipinski definition) is 3. The second-order valence-electron chi connectivity index (χ2n) is 4.67. The van der Waals surface area contributed by atoms with Gasteiger partial charge in [-0.2, -0.15) is 0 Å². The number of aromatic nitrogens is 2. The van der Waals surface area contributed by atoms with E-state index in [4.69, 9.17) is 4.74 Å². The third-order valence-corrected chi connectivity index (χ3v) is 3.54. The molecule has 2 aromatic rings. The van der Waals surface area contributed by atoms with E-state index in [2.05, 4.69) is 26.2 Å². The van der Waals surface area contributed by atoms with Gasteiger partial charge in [0.05, 0.1) is 16.8 Å². The summed E-state index contributed by atoms with van der Waals surface area (Å²) in [7, 11) is 1.66. The Labute approximate surface area is 126 Å². The number of hydrogen-bond donors (Lipinski definition) is 1. The topological polar surface area (TPSA) is 39.1 Å². The van der Waals surface area contributed by atoms with E-state index in [0.29, 0.717) is 17.0 Å². The molecular weight excluding hydrogens is 325 g/mol. The Morgan fingerprint density at radius 2 is 2.25 bits per heavy atom. The predicted octanol–water partition coefficient (Wildman–Crippen LogP) is 3.53. The Morgan fingerprint density at radius 1 is 1.50 bits per heavy atom. The average Bonchev–Trinajstić information content (AvgIpc) is 2.82. The Bertz CT molecular complexity index is 600. The molecule has 6 heteroatoms. The van der Waals surface area contributed by atoms with Gasteiger partial charge in [-0.1, -0.05) is 0 Å². The molecule has 0 aliphatic carbocycles. The highest BCUT2D eigenvalue weighted by atomic mass is 79.9. The lowest BCUT2D eigenvalue weighted by atomic mass is 10.2. The monoisotopic (exact) mass is 341 g/mol. The number of rotatable bonds is 5. The van der Waals surface area contributed by atoms with Gasteiger partial charge < -0.3 is 10.1 Å². The highest BCUT2D eigenvalue weighted by Gasteiger charge is 2.12. The van der Waals surface area contributed by atoms with Crippen LogP contribution < -0.4 is 5.32 Å². The van der Waals surface area contributed by atoms with Crippen LogP contribution in [0.1, 0.15) is 12.5 Å². The maximum atomic E-state index is 13.5. The number of aryl methyl sites for hydroxylation is 1. The number of methoxy groups -OCH3 is 1. The molecule has 4 nitrogen and oxygen atoms in total. The highest BCUT2D eigenvalue weighted by molar-refractivity contribution is 9.10. The molecule has 0 aliphatic heterocycles. The molecule has 2 rings (SSSR count). The smallest absolute Gasteiger partial charge is 0.207 e. The van der Waals surface area contributed by atoms with Crippen molar-refractivity contribution >= 4 is 21.9 Å². The molecule has 1 heterocycles. The van der Waals surface area contributed by atoms with Crippen molar-refractivity contribution in [2.45, 2.75) is 19.9 Å². The third kappa shape index (κ3) is 3.19. The molecule has 0 radical (unpaired) electrons. The van der Waals surface area contributed by atoms with Gasteiger partial charge in [0, 0.05) is 25.5 Å². The summed E-state index contributed by atoms with van der Waals surface area (Å²) in [5.74, 6) is 0.435. The van der Waals surface area contributed by atoms with Crippen molar-refractivity contribution in [2.24, 2.45) is 0 Å². The number of nitrogens with one attached hydrogen (secondary N) is 1. The Balaban J connectivity index is 2.35. The van der Waals surface area contributed by atoms with Crippen LogP contribution in [0.2, 0.25) is 0 Å². The molecule has 0 aliphatic rings. The van der Waals surface area contributed by atoms with Crippen LogP contribution in [0.15, 0.2) is 29.0 Å². The lowest BCUT2D eigenvalue weighted by molar-refractivity contribution is 0.190. The molecule has 1 N–H and O–H groups in total. The standard InChI is InChI=1S/C14H17BrFN3O/c1-9-6-12(16)11(15)7-13(9)19-5-4-17-14(19)18-10(2)8-20-3/h4-7,10H,8H2,1-3H3,(H,17,18). The Kier molecular flexibility index (Phi) is 4.77. The van der Waals surface area contributed by atoms with Gasteiger partial charge in [0.2, 0.25) is 5.95 Å². The largest absolute Gasteiger partial charge is 0.383 e. The van der Waals surface area contributed by atoms with Crippen LogP contribution in [0.4, 0.5) is 10.3 Å². The predicted molar refractivity (Wildman–Crippen MR) is 80.9 cm³/mol. The minimum Gasteiger partial charge on any atom is -0.383 e. The van der Waals surface area contributed by atoms with Gasteiger partial charge in [-0.05, 0) is 47.5 Å². The first-order valence-corrected chi connectivity index (χ1v) is 7.07. The zero-order chi connectivity index (χ0) is 14.7. The van der Waals surface area contributed by atoms with E-state index in [-0.39, 0.29) is 11.9 Å². The maximum absolute atomic E-state index is 13.5. The molecule has 0 amide bonds. The van der Waals surface area contributed by atoms with Gasteiger partial charge in [-0.15, -0.1) is 0 Å². The maximum Gasteiger partial charge on any atom is 0.207 e. The molecule has 0 saturated carbocycles. The first-order valence-electron chi connectivity index (χ1n) is 6.27. The molecule has 108 valence electrons. The van der Waals surface area contributed by atoms with Crippen LogP contribution in [0.3, 0.4) is 0 Å². The molecule has 0 saturated heterocycles. The summed E-state index contributed by atoms with van der Waals surface area (Å²) in [6.07, 6.45) is 3.55. The van der Waals surface area contributed by atoms with E-state index in [9.17, 15) is 4.39 Å². The van der Waals surface area contributed by atoms with E-state index in [1.54, 1.807) is 19.4 Å². The van der Waals surface area contributed by atoms with Crippen molar-refractivity contribution in [3.63, 3.8) is 0 Å². The average molecular weight is 342 g/mol. The molecular formula is C14H17BrFN3O. The highest BCUT2D eigenvalue weighted by Crippen LogP contribution is 2.25. The van der Waals surface area contributed by atoms with Gasteiger partial charge in [0.25, 0.3) is 0 Å². The van der Waals surface area contributed by atoms with Crippen LogP contribution in [-0.4, -0.2) is 29.3 Å². The molecule has 20 heavy (non-hydrogen) atoms. The van der Waals surface area contributed by atoms with Crippen molar-refractivity contribution < 1.29 is 9.13 Å². The molecule has 1 aromatic carbocycles. The van der Waals surface area contributed by atoms with Crippen molar-refractivity contribution in [2.75, 3.05) is 19.0 Å². The number of ether oxygens (including phenoxy) is 1. The summed E-state index contributed by atoms with van der Waals surface area (Å²) in [4.78, 5) is 4.30. The number of anilines is 1. The van der Waals surface area contributed by atoms with Crippen molar-refractivity contribution in [1.82, 2.24) is 9.55 Å². The summed E-state index contributed by atoms with van der Waals surface area (Å²) < 4.78 is 20.9. The molecule has 0 fully saturated rings. The zero-order valence-corrected chi connectivity index (χ0v) is 13.2. The second kappa shape index (κ2) is 6.37. The number of halogens is 2. The lowest BCUT2D eigenvalue weighted by Gasteiger charge is -2.16. The summed E-state index contributed by atoms with van der Waals surface area (Å²) in [5.41, 5.74) is 1.72. The summed E-state index contributed by atoms with van der Waals surface area (Å²) in [5, 5.41) is 3.27. The van der Waals surface area contributed by atoms with Gasteiger partial charge in [0.15, 0.2) is 0 Å². The van der Waals surface area contributed by atoms with Crippen LogP contribution in [0.25, 0.3) is 5.69 Å². The number of imidazole rings is 1. The van der Waals surface area contributed by atoms with Gasteiger partial charge in [-0.3, -0.25) is 4.57 Å². The molecule has 0 spiro atoms. The second-order valence-corrected chi connectivity index (χ2v) is 5.53. The quantitative estimate of drug-likeness (QED) is 0.904. The molecule has 1 unspecified atom stereocenters. The SMILES string of the molecule is COCC(C)Nc1nccn1-c1cc(Br)c(F)cc1C. The molecule has 1 atom stereocenters. The first-order chi connectivity index (χ1) is 9.52. The summed E-state index contributed by atoms with van der Waals surface area (Å²) >= 11 is 3.22. The first kappa shape index (κ1) is 15.0. The fourth-order valence-corrected chi connectivity index (χ4v) is 2.34. The van der Waals surface area contributed by atoms with E-state index >= 15 is 0 Å². The van der Waals surface area contributed by atoms with E-state index in [0.717, 1.165) is 11.3 Å². The minimum atomic E-state index is -0.270. The molecule has 0 bridgehead atoms. The van der Waals surface area contributed by atoms with Crippen LogP contribution >= 0.6 is 15.9 Å². The van der Waals surface area contributed by atoms with Crippen molar-refractivity contribution in [1.29, 1.82) is 0 Å². The van der Waals surface area contributed by atoms with Gasteiger partial charge in [0.1, 0.15) is 5.82 Å². The van der Waals surface area contributed by atoms with Crippen LogP contribution in [0, 0.1) is 12.7 Å². The normalized spacial score (nSPS) is 12.4. The van der Waals surface area contributed by atoms with E-state index in [1.165, 1.54) is 6.07 Å². The van der Waals surface area contributed by atoms with E-state index in [1.807, 2.05) is 24.6 Å². The zero-order valence-electron chi connectivity index (χ0n) is 11.7. The van der Waals surface area contributed by atoms with Gasteiger partial charge in [-0.25, -0.2) is 9.37 Å². The third-order valence-electron chi connectivity index (χ3n) is 2.93. The van der Waals surface area contributed by atoms with Crippen molar-refractivity contribution in [3.8, 4) is 5.69 Å². The minimum absolute atomic E-state index is 0.130.